The number of likely N-dealkylation sites (N-methyl/N-ethyl adjacent to an activating group) is 1. The Labute approximate surface area is 67.2 Å². The van der Waals surface area contributed by atoms with Gasteiger partial charge in [0.25, 0.3) is 0 Å². The lowest BCUT2D eigenvalue weighted by Gasteiger charge is -2.09. The highest BCUT2D eigenvalue weighted by Gasteiger charge is 2.07. The van der Waals surface area contributed by atoms with Gasteiger partial charge in [0.15, 0.2) is 0 Å². The number of carbonyl (C=O) groups excluding carboxylic acids is 1. The monoisotopic (exact) mass is 151 g/mol. The van der Waals surface area contributed by atoms with Gasteiger partial charge in [-0.1, -0.05) is 12.2 Å². The maximum Gasteiger partial charge on any atom is 0.146 e. The first-order valence-corrected chi connectivity index (χ1v) is 3.72. The van der Waals surface area contributed by atoms with Crippen LogP contribution < -0.4 is 0 Å². The molecule has 0 heterocycles. The van der Waals surface area contributed by atoms with Crippen molar-refractivity contribution >= 4 is 6.29 Å². The molecule has 0 radical (unpaired) electrons. The summed E-state index contributed by atoms with van der Waals surface area (Å²) in [5, 5.41) is 0. The normalized spacial score (nSPS) is 16.6. The Morgan fingerprint density at radius 3 is 2.91 bits per heavy atom. The van der Waals surface area contributed by atoms with E-state index in [0.29, 0.717) is 0 Å². The van der Waals surface area contributed by atoms with E-state index in [9.17, 15) is 4.79 Å². The van der Waals surface area contributed by atoms with Crippen LogP contribution in [0.25, 0.3) is 0 Å². The molecule has 0 fully saturated rings. The van der Waals surface area contributed by atoms with Gasteiger partial charge in [-0.3, -0.25) is 4.79 Å². The Kier molecular flexibility index (Phi) is 2.60. The summed E-state index contributed by atoms with van der Waals surface area (Å²) >= 11 is 0. The van der Waals surface area contributed by atoms with Gasteiger partial charge >= 0.3 is 0 Å². The minimum absolute atomic E-state index is 0.812. The maximum atomic E-state index is 10.5. The molecule has 60 valence electrons. The summed E-state index contributed by atoms with van der Waals surface area (Å²) in [6, 6.07) is 0. The molecule has 0 bridgehead atoms. The Morgan fingerprint density at radius 2 is 2.36 bits per heavy atom. The van der Waals surface area contributed by atoms with Crippen LogP contribution in [0.5, 0.6) is 0 Å². The molecule has 1 aliphatic rings. The van der Waals surface area contributed by atoms with E-state index in [-0.39, 0.29) is 0 Å². The van der Waals surface area contributed by atoms with E-state index < -0.39 is 0 Å². The van der Waals surface area contributed by atoms with Crippen molar-refractivity contribution in [3.05, 3.63) is 23.3 Å². The van der Waals surface area contributed by atoms with Crippen LogP contribution in [-0.4, -0.2) is 31.8 Å². The van der Waals surface area contributed by atoms with Crippen LogP contribution in [0.4, 0.5) is 0 Å². The fourth-order valence-corrected chi connectivity index (χ4v) is 1.19. The van der Waals surface area contributed by atoms with Crippen LogP contribution in [0.1, 0.15) is 6.42 Å². The topological polar surface area (TPSA) is 20.3 Å². The molecule has 1 aliphatic carbocycles. The highest BCUT2D eigenvalue weighted by atomic mass is 16.1. The van der Waals surface area contributed by atoms with Crippen molar-refractivity contribution in [2.24, 2.45) is 0 Å². The number of aldehydes is 1. The molecule has 1 rings (SSSR count). The first kappa shape index (κ1) is 8.21. The molecule has 2 nitrogen and oxygen atoms in total. The van der Waals surface area contributed by atoms with Crippen molar-refractivity contribution < 1.29 is 4.79 Å². The molecular formula is C9H13NO. The highest BCUT2D eigenvalue weighted by molar-refractivity contribution is 5.77. The first-order valence-electron chi connectivity index (χ1n) is 3.72. The summed E-state index contributed by atoms with van der Waals surface area (Å²) in [5.74, 6) is 0. The van der Waals surface area contributed by atoms with E-state index in [1.54, 1.807) is 0 Å². The van der Waals surface area contributed by atoms with Crippen LogP contribution in [0.3, 0.4) is 0 Å². The molecule has 0 aromatic carbocycles. The number of hydrogen-bond donors (Lipinski definition) is 0. The van der Waals surface area contributed by atoms with Gasteiger partial charge in [-0.2, -0.15) is 0 Å². The zero-order valence-corrected chi connectivity index (χ0v) is 7.00. The summed E-state index contributed by atoms with van der Waals surface area (Å²) < 4.78 is 0. The lowest BCUT2D eigenvalue weighted by Crippen LogP contribution is -2.14. The molecule has 2 heteroatoms. The lowest BCUT2D eigenvalue weighted by atomic mass is 10.1. The number of nitrogens with zero attached hydrogens (tertiary/aromatic N) is 1. The molecule has 0 aliphatic heterocycles. The minimum atomic E-state index is 0.812. The second-order valence-corrected chi connectivity index (χ2v) is 3.01. The van der Waals surface area contributed by atoms with Crippen LogP contribution in [0.15, 0.2) is 23.3 Å². The number of carbonyl (C=O) groups is 1. The van der Waals surface area contributed by atoms with E-state index >= 15 is 0 Å². The third kappa shape index (κ3) is 2.02. The summed E-state index contributed by atoms with van der Waals surface area (Å²) in [7, 11) is 4.00. The molecule has 0 saturated carbocycles. The van der Waals surface area contributed by atoms with Crippen molar-refractivity contribution in [3.63, 3.8) is 0 Å². The second-order valence-electron chi connectivity index (χ2n) is 3.01. The average molecular weight is 151 g/mol. The number of hydrogen-bond acceptors (Lipinski definition) is 2. The molecule has 0 atom stereocenters. The summed E-state index contributed by atoms with van der Waals surface area (Å²) in [6.07, 6.45) is 5.83. The predicted molar refractivity (Wildman–Crippen MR) is 45.4 cm³/mol. The van der Waals surface area contributed by atoms with Crippen LogP contribution in [-0.2, 0) is 4.79 Å². The van der Waals surface area contributed by atoms with Crippen molar-refractivity contribution in [1.82, 2.24) is 4.90 Å². The van der Waals surface area contributed by atoms with Crippen molar-refractivity contribution in [3.8, 4) is 0 Å². The van der Waals surface area contributed by atoms with Crippen molar-refractivity contribution in [2.75, 3.05) is 20.6 Å². The quantitative estimate of drug-likeness (QED) is 0.561. The fraction of sp³-hybridized carbons (Fsp3) is 0.444. The predicted octanol–water partition coefficient (Wildman–Crippen LogP) is 1.00. The highest BCUT2D eigenvalue weighted by Crippen LogP contribution is 2.16. The summed E-state index contributed by atoms with van der Waals surface area (Å²) in [5.41, 5.74) is 2.09. The average Bonchev–Trinajstić information content (AvgIpc) is 2.34. The van der Waals surface area contributed by atoms with Gasteiger partial charge in [-0.05, 0) is 26.1 Å². The molecule has 0 spiro atoms. The second kappa shape index (κ2) is 3.49. The van der Waals surface area contributed by atoms with E-state index in [4.69, 9.17) is 0 Å². The molecule has 0 aromatic heterocycles. The third-order valence-electron chi connectivity index (χ3n) is 1.70. The first-order chi connectivity index (χ1) is 5.24. The van der Waals surface area contributed by atoms with E-state index in [0.717, 1.165) is 30.4 Å². The molecule has 0 unspecified atom stereocenters. The van der Waals surface area contributed by atoms with Crippen molar-refractivity contribution in [2.45, 2.75) is 6.42 Å². The fourth-order valence-electron chi connectivity index (χ4n) is 1.19. The van der Waals surface area contributed by atoms with Gasteiger partial charge in [-0.15, -0.1) is 0 Å². The minimum Gasteiger partial charge on any atom is -0.305 e. The van der Waals surface area contributed by atoms with Gasteiger partial charge in [0, 0.05) is 12.1 Å². The third-order valence-corrected chi connectivity index (χ3v) is 1.70. The number of rotatable bonds is 3. The molecular weight excluding hydrogens is 138 g/mol. The smallest absolute Gasteiger partial charge is 0.146 e. The van der Waals surface area contributed by atoms with Crippen molar-refractivity contribution in [1.29, 1.82) is 0 Å². The summed E-state index contributed by atoms with van der Waals surface area (Å²) in [6.45, 7) is 0.866. The van der Waals surface area contributed by atoms with E-state index in [1.165, 1.54) is 0 Å². The van der Waals surface area contributed by atoms with Crippen LogP contribution in [0.2, 0.25) is 0 Å². The van der Waals surface area contributed by atoms with Crippen LogP contribution >= 0.6 is 0 Å². The maximum absolute atomic E-state index is 10.5. The van der Waals surface area contributed by atoms with Gasteiger partial charge in [0.1, 0.15) is 6.29 Å². The van der Waals surface area contributed by atoms with Crippen LogP contribution in [0, 0.1) is 0 Å². The zero-order chi connectivity index (χ0) is 8.27. The lowest BCUT2D eigenvalue weighted by molar-refractivity contribution is -0.105. The largest absolute Gasteiger partial charge is 0.305 e. The molecule has 0 aromatic rings. The molecule has 0 saturated heterocycles. The van der Waals surface area contributed by atoms with Gasteiger partial charge in [0.2, 0.25) is 0 Å². The standard InChI is InChI=1S/C9H13NO/c1-10(2)6-8-4-3-5-9(8)7-11/h3-4,7H,5-6H2,1-2H3. The van der Waals surface area contributed by atoms with E-state index in [2.05, 4.69) is 4.90 Å². The molecule has 11 heavy (non-hydrogen) atoms. The number of allylic oxidation sites excluding steroid dienone is 2. The Balaban J connectivity index is 2.66. The van der Waals surface area contributed by atoms with Gasteiger partial charge in [0.05, 0.1) is 0 Å². The Morgan fingerprint density at radius 1 is 1.64 bits per heavy atom. The van der Waals surface area contributed by atoms with Gasteiger partial charge < -0.3 is 4.90 Å². The molecule has 0 amide bonds. The Hall–Kier alpha value is -0.890. The van der Waals surface area contributed by atoms with Gasteiger partial charge in [-0.25, -0.2) is 0 Å². The zero-order valence-electron chi connectivity index (χ0n) is 7.00. The SMILES string of the molecule is CN(C)CC1=C(C=O)CC=C1. The van der Waals surface area contributed by atoms with E-state index in [1.807, 2.05) is 26.2 Å². The molecule has 0 N–H and O–H groups in total. The Bertz CT molecular complexity index is 214. The summed E-state index contributed by atoms with van der Waals surface area (Å²) in [4.78, 5) is 12.5.